The predicted molar refractivity (Wildman–Crippen MR) is 63.5 cm³/mol. The zero-order valence-electron chi connectivity index (χ0n) is 7.66. The van der Waals surface area contributed by atoms with Gasteiger partial charge in [-0.25, -0.2) is 0 Å². The van der Waals surface area contributed by atoms with Crippen molar-refractivity contribution >= 4 is 31.9 Å². The topological polar surface area (TPSA) is 0 Å². The van der Waals surface area contributed by atoms with Crippen molar-refractivity contribution in [1.82, 2.24) is 0 Å². The van der Waals surface area contributed by atoms with Crippen molar-refractivity contribution < 1.29 is 0 Å². The molecule has 0 amide bonds. The number of alkyl halides is 1. The summed E-state index contributed by atoms with van der Waals surface area (Å²) in [7, 11) is 0. The smallest absolute Gasteiger partial charge is 0.0286 e. The molecule has 2 heteroatoms. The van der Waals surface area contributed by atoms with E-state index >= 15 is 0 Å². The summed E-state index contributed by atoms with van der Waals surface area (Å²) in [6.45, 7) is 2.21. The van der Waals surface area contributed by atoms with Gasteiger partial charge in [-0.1, -0.05) is 31.9 Å². The van der Waals surface area contributed by atoms with Crippen molar-refractivity contribution in [1.29, 1.82) is 0 Å². The average Bonchev–Trinajstić information content (AvgIpc) is 2.60. The zero-order chi connectivity index (χ0) is 9.42. The molecule has 70 valence electrons. The van der Waals surface area contributed by atoms with Gasteiger partial charge in [0, 0.05) is 9.80 Å². The Bertz CT molecular complexity index is 342. The lowest BCUT2D eigenvalue weighted by molar-refractivity contribution is 0.907. The molecular formula is C11H12Br2. The molecule has 0 bridgehead atoms. The normalized spacial score (nSPS) is 14.7. The highest BCUT2D eigenvalue weighted by atomic mass is 79.9. The molecule has 0 nitrogen and oxygen atoms in total. The van der Waals surface area contributed by atoms with Crippen molar-refractivity contribution in [2.45, 2.75) is 31.5 Å². The van der Waals surface area contributed by atoms with Crippen LogP contribution in [0.5, 0.6) is 0 Å². The summed E-state index contributed by atoms with van der Waals surface area (Å²) in [5.74, 6) is 0. The van der Waals surface area contributed by atoms with E-state index in [1.807, 2.05) is 0 Å². The van der Waals surface area contributed by atoms with E-state index in [4.69, 9.17) is 0 Å². The van der Waals surface area contributed by atoms with E-state index in [0.29, 0.717) is 0 Å². The van der Waals surface area contributed by atoms with E-state index in [1.165, 1.54) is 34.9 Å². The van der Waals surface area contributed by atoms with Crippen molar-refractivity contribution in [2.75, 3.05) is 0 Å². The van der Waals surface area contributed by atoms with Crippen LogP contribution in [0.2, 0.25) is 0 Å². The number of rotatable bonds is 1. The lowest BCUT2D eigenvalue weighted by Gasteiger charge is -2.10. The molecule has 0 N–H and O–H groups in total. The number of hydrogen-bond acceptors (Lipinski definition) is 0. The fraction of sp³-hybridized carbons (Fsp3) is 0.455. The van der Waals surface area contributed by atoms with Gasteiger partial charge in [0.05, 0.1) is 0 Å². The minimum absolute atomic E-state index is 0.980. The number of benzene rings is 1. The van der Waals surface area contributed by atoms with E-state index in [1.54, 1.807) is 11.1 Å². The Kier molecular flexibility index (Phi) is 2.80. The lowest BCUT2D eigenvalue weighted by atomic mass is 10.00. The van der Waals surface area contributed by atoms with E-state index in [2.05, 4.69) is 44.8 Å². The molecule has 0 saturated carbocycles. The SMILES string of the molecule is Cc1c(Br)cc(CBr)c2c1CCC2. The standard InChI is InChI=1S/C11H12Br2/c1-7-9-3-2-4-10(9)8(6-12)5-11(7)13/h5H,2-4,6H2,1H3. The summed E-state index contributed by atoms with van der Waals surface area (Å²) in [6, 6.07) is 2.26. The summed E-state index contributed by atoms with van der Waals surface area (Å²) in [6.07, 6.45) is 3.86. The lowest BCUT2D eigenvalue weighted by Crippen LogP contribution is -1.94. The van der Waals surface area contributed by atoms with Crippen molar-refractivity contribution in [3.8, 4) is 0 Å². The van der Waals surface area contributed by atoms with Crippen LogP contribution in [0, 0.1) is 6.92 Å². The Balaban J connectivity index is 2.64. The summed E-state index contributed by atoms with van der Waals surface area (Å²) in [5.41, 5.74) is 6.09. The van der Waals surface area contributed by atoms with Crippen LogP contribution in [-0.2, 0) is 18.2 Å². The highest BCUT2D eigenvalue weighted by molar-refractivity contribution is 9.10. The van der Waals surface area contributed by atoms with Crippen LogP contribution in [0.1, 0.15) is 28.7 Å². The first-order valence-electron chi connectivity index (χ1n) is 4.59. The third kappa shape index (κ3) is 1.59. The first-order valence-corrected chi connectivity index (χ1v) is 6.51. The van der Waals surface area contributed by atoms with Crippen LogP contribution < -0.4 is 0 Å². The highest BCUT2D eigenvalue weighted by Crippen LogP contribution is 2.33. The molecule has 2 rings (SSSR count). The minimum atomic E-state index is 0.980. The Morgan fingerprint density at radius 2 is 2.00 bits per heavy atom. The van der Waals surface area contributed by atoms with Crippen LogP contribution in [0.15, 0.2) is 10.5 Å². The first kappa shape index (κ1) is 9.72. The van der Waals surface area contributed by atoms with Gasteiger partial charge in [-0.3, -0.25) is 0 Å². The quantitative estimate of drug-likeness (QED) is 0.684. The van der Waals surface area contributed by atoms with Crippen molar-refractivity contribution in [3.05, 3.63) is 32.8 Å². The number of halogens is 2. The average molecular weight is 304 g/mol. The van der Waals surface area contributed by atoms with Crippen LogP contribution in [0.4, 0.5) is 0 Å². The van der Waals surface area contributed by atoms with Crippen molar-refractivity contribution in [2.24, 2.45) is 0 Å². The second-order valence-electron chi connectivity index (χ2n) is 3.59. The van der Waals surface area contributed by atoms with Gasteiger partial charge in [0.2, 0.25) is 0 Å². The van der Waals surface area contributed by atoms with Crippen LogP contribution in [-0.4, -0.2) is 0 Å². The second-order valence-corrected chi connectivity index (χ2v) is 5.00. The van der Waals surface area contributed by atoms with E-state index < -0.39 is 0 Å². The van der Waals surface area contributed by atoms with E-state index in [-0.39, 0.29) is 0 Å². The third-order valence-electron chi connectivity index (χ3n) is 2.86. The molecule has 1 aliphatic rings. The van der Waals surface area contributed by atoms with Gasteiger partial charge in [-0.2, -0.15) is 0 Å². The van der Waals surface area contributed by atoms with Crippen LogP contribution >= 0.6 is 31.9 Å². The van der Waals surface area contributed by atoms with Gasteiger partial charge in [0.1, 0.15) is 0 Å². The van der Waals surface area contributed by atoms with Crippen LogP contribution in [0.25, 0.3) is 0 Å². The fourth-order valence-electron chi connectivity index (χ4n) is 2.12. The number of hydrogen-bond donors (Lipinski definition) is 0. The maximum Gasteiger partial charge on any atom is 0.0286 e. The summed E-state index contributed by atoms with van der Waals surface area (Å²) in [4.78, 5) is 0. The molecule has 0 fully saturated rings. The molecule has 0 spiro atoms. The summed E-state index contributed by atoms with van der Waals surface area (Å²) < 4.78 is 1.27. The first-order chi connectivity index (χ1) is 6.24. The van der Waals surface area contributed by atoms with Gasteiger partial charge >= 0.3 is 0 Å². The summed E-state index contributed by atoms with van der Waals surface area (Å²) >= 11 is 7.17. The molecule has 0 atom stereocenters. The van der Waals surface area contributed by atoms with Gasteiger partial charge in [0.15, 0.2) is 0 Å². The molecule has 0 aliphatic heterocycles. The number of fused-ring (bicyclic) bond motifs is 1. The van der Waals surface area contributed by atoms with E-state index in [0.717, 1.165) is 5.33 Å². The Morgan fingerprint density at radius 1 is 1.31 bits per heavy atom. The highest BCUT2D eigenvalue weighted by Gasteiger charge is 2.18. The molecule has 1 aromatic carbocycles. The minimum Gasteiger partial charge on any atom is -0.0876 e. The third-order valence-corrected chi connectivity index (χ3v) is 4.29. The predicted octanol–water partition coefficient (Wildman–Crippen LogP) is 4.14. The largest absolute Gasteiger partial charge is 0.0876 e. The summed E-state index contributed by atoms with van der Waals surface area (Å²) in [5, 5.41) is 0.980. The van der Waals surface area contributed by atoms with Crippen molar-refractivity contribution in [3.63, 3.8) is 0 Å². The monoisotopic (exact) mass is 302 g/mol. The molecular weight excluding hydrogens is 292 g/mol. The van der Waals surface area contributed by atoms with Crippen LogP contribution in [0.3, 0.4) is 0 Å². The molecule has 0 saturated heterocycles. The molecule has 0 aromatic heterocycles. The molecule has 0 radical (unpaired) electrons. The van der Waals surface area contributed by atoms with Gasteiger partial charge in [-0.15, -0.1) is 0 Å². The maximum atomic E-state index is 3.62. The Hall–Kier alpha value is 0.180. The maximum absolute atomic E-state index is 3.62. The Labute approximate surface area is 96.0 Å². The fourth-order valence-corrected chi connectivity index (χ4v) is 3.14. The van der Waals surface area contributed by atoms with Gasteiger partial charge in [0.25, 0.3) is 0 Å². The van der Waals surface area contributed by atoms with Gasteiger partial charge in [-0.05, 0) is 54.5 Å². The molecule has 0 heterocycles. The molecule has 1 aromatic rings. The zero-order valence-corrected chi connectivity index (χ0v) is 10.8. The van der Waals surface area contributed by atoms with E-state index in [9.17, 15) is 0 Å². The Morgan fingerprint density at radius 3 is 2.69 bits per heavy atom. The molecule has 0 unspecified atom stereocenters. The molecule has 1 aliphatic carbocycles. The van der Waals surface area contributed by atoms with Gasteiger partial charge < -0.3 is 0 Å². The second kappa shape index (κ2) is 3.74. The molecule has 13 heavy (non-hydrogen) atoms.